The van der Waals surface area contributed by atoms with Gasteiger partial charge >= 0.3 is 0 Å². The van der Waals surface area contributed by atoms with E-state index in [9.17, 15) is 5.11 Å². The van der Waals surface area contributed by atoms with Crippen molar-refractivity contribution >= 4 is 5.82 Å². The van der Waals surface area contributed by atoms with E-state index in [1.807, 2.05) is 25.1 Å². The number of phenolic OH excluding ortho intramolecular Hbond substituents is 1. The van der Waals surface area contributed by atoms with Crippen LogP contribution in [-0.2, 0) is 0 Å². The van der Waals surface area contributed by atoms with Crippen LogP contribution in [0.1, 0.15) is 43.1 Å². The Morgan fingerprint density at radius 3 is 2.89 bits per heavy atom. The van der Waals surface area contributed by atoms with Gasteiger partial charge in [0, 0.05) is 12.1 Å². The van der Waals surface area contributed by atoms with Gasteiger partial charge in [-0.05, 0) is 43.5 Å². The molecule has 1 aromatic heterocycles. The molecule has 1 heterocycles. The fourth-order valence-corrected chi connectivity index (χ4v) is 2.09. The number of phenols is 1. The summed E-state index contributed by atoms with van der Waals surface area (Å²) in [5.41, 5.74) is 1.03. The molecule has 1 aromatic carbocycles. The second-order valence-corrected chi connectivity index (χ2v) is 5.04. The molecule has 1 aliphatic rings. The lowest BCUT2D eigenvalue weighted by Crippen LogP contribution is -2.09. The second kappa shape index (κ2) is 4.88. The Labute approximate surface area is 112 Å². The average Bonchev–Trinajstić information content (AvgIpc) is 3.23. The van der Waals surface area contributed by atoms with Crippen molar-refractivity contribution in [2.45, 2.75) is 31.7 Å². The molecule has 0 saturated heterocycles. The van der Waals surface area contributed by atoms with E-state index in [1.165, 1.54) is 12.8 Å². The standard InChI is InChI=1S/C15H17N3O/c1-10(12-3-2-4-13(19)9-12)17-14-7-8-16-15(18-14)11-5-6-11/h2-4,7-11,19H,5-6H2,1H3,(H,16,17,18). The Balaban J connectivity index is 1.75. The number of nitrogens with zero attached hydrogens (tertiary/aromatic N) is 2. The van der Waals surface area contributed by atoms with Crippen LogP contribution in [0.15, 0.2) is 36.5 Å². The first-order chi connectivity index (χ1) is 9.22. The van der Waals surface area contributed by atoms with Gasteiger partial charge in [0.25, 0.3) is 0 Å². The summed E-state index contributed by atoms with van der Waals surface area (Å²) in [5.74, 6) is 2.62. The molecule has 1 aliphatic carbocycles. The highest BCUT2D eigenvalue weighted by atomic mass is 16.3. The molecular weight excluding hydrogens is 238 g/mol. The SMILES string of the molecule is CC(Nc1ccnc(C2CC2)n1)c1cccc(O)c1. The fourth-order valence-electron chi connectivity index (χ4n) is 2.09. The normalized spacial score (nSPS) is 16.1. The Morgan fingerprint density at radius 2 is 2.16 bits per heavy atom. The van der Waals surface area contributed by atoms with Crippen molar-refractivity contribution in [3.63, 3.8) is 0 Å². The van der Waals surface area contributed by atoms with Gasteiger partial charge in [-0.25, -0.2) is 9.97 Å². The van der Waals surface area contributed by atoms with Gasteiger partial charge in [-0.1, -0.05) is 12.1 Å². The van der Waals surface area contributed by atoms with Gasteiger partial charge in [0.1, 0.15) is 17.4 Å². The number of aromatic nitrogens is 2. The molecule has 19 heavy (non-hydrogen) atoms. The molecule has 1 unspecified atom stereocenters. The maximum atomic E-state index is 9.50. The van der Waals surface area contributed by atoms with Crippen LogP contribution in [0, 0.1) is 0 Å². The van der Waals surface area contributed by atoms with Crippen LogP contribution in [-0.4, -0.2) is 15.1 Å². The Kier molecular flexibility index (Phi) is 3.07. The zero-order chi connectivity index (χ0) is 13.2. The van der Waals surface area contributed by atoms with Crippen LogP contribution in [0.25, 0.3) is 0 Å². The molecular formula is C15H17N3O. The largest absolute Gasteiger partial charge is 0.508 e. The highest BCUT2D eigenvalue weighted by Gasteiger charge is 2.26. The zero-order valence-electron chi connectivity index (χ0n) is 10.9. The van der Waals surface area contributed by atoms with E-state index in [-0.39, 0.29) is 11.8 Å². The molecule has 2 aromatic rings. The predicted molar refractivity (Wildman–Crippen MR) is 74.2 cm³/mol. The summed E-state index contributed by atoms with van der Waals surface area (Å²) in [6.45, 7) is 2.05. The van der Waals surface area contributed by atoms with Crippen LogP contribution < -0.4 is 5.32 Å². The molecule has 98 valence electrons. The van der Waals surface area contributed by atoms with E-state index in [0.717, 1.165) is 17.2 Å². The topological polar surface area (TPSA) is 58.0 Å². The predicted octanol–water partition coefficient (Wildman–Crippen LogP) is 3.23. The highest BCUT2D eigenvalue weighted by Crippen LogP contribution is 2.38. The number of anilines is 1. The third kappa shape index (κ3) is 2.84. The van der Waals surface area contributed by atoms with E-state index in [4.69, 9.17) is 0 Å². The maximum Gasteiger partial charge on any atom is 0.133 e. The van der Waals surface area contributed by atoms with E-state index in [2.05, 4.69) is 15.3 Å². The van der Waals surface area contributed by atoms with Gasteiger partial charge in [0.05, 0.1) is 6.04 Å². The molecule has 1 atom stereocenters. The van der Waals surface area contributed by atoms with Crippen LogP contribution in [0.5, 0.6) is 5.75 Å². The molecule has 4 heteroatoms. The van der Waals surface area contributed by atoms with Gasteiger partial charge in [-0.3, -0.25) is 0 Å². The summed E-state index contributed by atoms with van der Waals surface area (Å²) in [6, 6.07) is 9.24. The summed E-state index contributed by atoms with van der Waals surface area (Å²) in [7, 11) is 0. The molecule has 0 spiro atoms. The summed E-state index contributed by atoms with van der Waals surface area (Å²) in [5, 5.41) is 12.8. The minimum atomic E-state index is 0.0917. The lowest BCUT2D eigenvalue weighted by atomic mass is 10.1. The Bertz CT molecular complexity index is 581. The van der Waals surface area contributed by atoms with E-state index in [0.29, 0.717) is 5.92 Å². The number of hydrogen-bond donors (Lipinski definition) is 2. The molecule has 0 amide bonds. The summed E-state index contributed by atoms with van der Waals surface area (Å²) < 4.78 is 0. The summed E-state index contributed by atoms with van der Waals surface area (Å²) in [4.78, 5) is 8.84. The molecule has 4 nitrogen and oxygen atoms in total. The number of nitrogens with one attached hydrogen (secondary N) is 1. The lowest BCUT2D eigenvalue weighted by Gasteiger charge is -2.15. The molecule has 1 fully saturated rings. The van der Waals surface area contributed by atoms with Crippen molar-refractivity contribution in [2.24, 2.45) is 0 Å². The minimum absolute atomic E-state index is 0.0917. The first-order valence-corrected chi connectivity index (χ1v) is 6.61. The summed E-state index contributed by atoms with van der Waals surface area (Å²) >= 11 is 0. The van der Waals surface area contributed by atoms with Crippen LogP contribution in [0.2, 0.25) is 0 Å². The summed E-state index contributed by atoms with van der Waals surface area (Å²) in [6.07, 6.45) is 4.20. The molecule has 0 radical (unpaired) electrons. The average molecular weight is 255 g/mol. The van der Waals surface area contributed by atoms with Gasteiger partial charge in [-0.2, -0.15) is 0 Å². The van der Waals surface area contributed by atoms with E-state index < -0.39 is 0 Å². The fraction of sp³-hybridized carbons (Fsp3) is 0.333. The molecule has 0 bridgehead atoms. The van der Waals surface area contributed by atoms with Crippen molar-refractivity contribution in [1.29, 1.82) is 0 Å². The molecule has 2 N–H and O–H groups in total. The van der Waals surface area contributed by atoms with Gasteiger partial charge in [0.2, 0.25) is 0 Å². The minimum Gasteiger partial charge on any atom is -0.508 e. The maximum absolute atomic E-state index is 9.50. The Morgan fingerprint density at radius 1 is 1.32 bits per heavy atom. The first-order valence-electron chi connectivity index (χ1n) is 6.61. The highest BCUT2D eigenvalue weighted by molar-refractivity contribution is 5.39. The third-order valence-corrected chi connectivity index (χ3v) is 3.35. The molecule has 1 saturated carbocycles. The van der Waals surface area contributed by atoms with Crippen LogP contribution in [0.4, 0.5) is 5.82 Å². The van der Waals surface area contributed by atoms with Crippen molar-refractivity contribution in [2.75, 3.05) is 5.32 Å². The van der Waals surface area contributed by atoms with Gasteiger partial charge in [0.15, 0.2) is 0 Å². The van der Waals surface area contributed by atoms with Gasteiger partial charge in [-0.15, -0.1) is 0 Å². The number of benzene rings is 1. The first kappa shape index (κ1) is 12.0. The lowest BCUT2D eigenvalue weighted by molar-refractivity contribution is 0.474. The van der Waals surface area contributed by atoms with Crippen molar-refractivity contribution < 1.29 is 5.11 Å². The Hall–Kier alpha value is -2.10. The number of rotatable bonds is 4. The van der Waals surface area contributed by atoms with Gasteiger partial charge < -0.3 is 10.4 Å². The van der Waals surface area contributed by atoms with E-state index >= 15 is 0 Å². The van der Waals surface area contributed by atoms with Crippen LogP contribution in [0.3, 0.4) is 0 Å². The van der Waals surface area contributed by atoms with Crippen LogP contribution >= 0.6 is 0 Å². The third-order valence-electron chi connectivity index (χ3n) is 3.35. The van der Waals surface area contributed by atoms with Crippen molar-refractivity contribution in [3.8, 4) is 5.75 Å². The zero-order valence-corrected chi connectivity index (χ0v) is 10.9. The van der Waals surface area contributed by atoms with Crippen molar-refractivity contribution in [3.05, 3.63) is 47.9 Å². The quantitative estimate of drug-likeness (QED) is 0.880. The van der Waals surface area contributed by atoms with Crippen molar-refractivity contribution in [1.82, 2.24) is 9.97 Å². The second-order valence-electron chi connectivity index (χ2n) is 5.04. The smallest absolute Gasteiger partial charge is 0.133 e. The molecule has 3 rings (SSSR count). The monoisotopic (exact) mass is 255 g/mol. The number of aromatic hydroxyl groups is 1. The number of hydrogen-bond acceptors (Lipinski definition) is 4. The van der Waals surface area contributed by atoms with E-state index in [1.54, 1.807) is 18.3 Å². The molecule has 0 aliphatic heterocycles.